The number of carbonyl (C=O) groups excluding carboxylic acids is 1. The maximum Gasteiger partial charge on any atom is 0.268 e. The fraction of sp³-hybridized carbons (Fsp3) is 0.474. The SMILES string of the molecule is CNS(=O)(=O)c1cc(C(=O)NCc2ccc(N3CCC(C)CC3)nc2)n(C)c1. The van der Waals surface area contributed by atoms with Gasteiger partial charge in [0.2, 0.25) is 10.0 Å². The van der Waals surface area contributed by atoms with Crippen LogP contribution in [0.15, 0.2) is 35.5 Å². The molecule has 0 radical (unpaired) electrons. The number of aromatic nitrogens is 2. The van der Waals surface area contributed by atoms with Gasteiger partial charge in [-0.15, -0.1) is 0 Å². The molecule has 2 aromatic heterocycles. The second kappa shape index (κ2) is 8.32. The molecule has 28 heavy (non-hydrogen) atoms. The summed E-state index contributed by atoms with van der Waals surface area (Å²) in [5, 5.41) is 2.82. The smallest absolute Gasteiger partial charge is 0.268 e. The molecule has 2 aromatic rings. The van der Waals surface area contributed by atoms with Crippen LogP contribution in [0, 0.1) is 5.92 Å². The van der Waals surface area contributed by atoms with Gasteiger partial charge in [0.05, 0.1) is 0 Å². The number of pyridine rings is 1. The number of nitrogens with zero attached hydrogens (tertiary/aromatic N) is 3. The Morgan fingerprint density at radius 2 is 2.00 bits per heavy atom. The topological polar surface area (TPSA) is 96.3 Å². The van der Waals surface area contributed by atoms with Crippen LogP contribution in [0.25, 0.3) is 0 Å². The molecule has 1 amide bonds. The highest BCUT2D eigenvalue weighted by Crippen LogP contribution is 2.21. The van der Waals surface area contributed by atoms with E-state index in [-0.39, 0.29) is 16.5 Å². The average molecular weight is 406 g/mol. The largest absolute Gasteiger partial charge is 0.357 e. The second-order valence-electron chi connectivity index (χ2n) is 7.26. The summed E-state index contributed by atoms with van der Waals surface area (Å²) in [7, 11) is -0.610. The fourth-order valence-electron chi connectivity index (χ4n) is 3.24. The van der Waals surface area contributed by atoms with E-state index in [9.17, 15) is 13.2 Å². The van der Waals surface area contributed by atoms with Gasteiger partial charge >= 0.3 is 0 Å². The first-order chi connectivity index (χ1) is 13.3. The molecular formula is C19H27N5O3S. The van der Waals surface area contributed by atoms with Crippen molar-refractivity contribution in [3.8, 4) is 0 Å². The molecule has 0 aromatic carbocycles. The van der Waals surface area contributed by atoms with E-state index in [1.165, 1.54) is 36.7 Å². The quantitative estimate of drug-likeness (QED) is 0.759. The van der Waals surface area contributed by atoms with Crippen molar-refractivity contribution < 1.29 is 13.2 Å². The Hall–Kier alpha value is -2.39. The van der Waals surface area contributed by atoms with Crippen LogP contribution in [-0.4, -0.2) is 44.0 Å². The van der Waals surface area contributed by atoms with E-state index in [4.69, 9.17) is 0 Å². The lowest BCUT2D eigenvalue weighted by atomic mass is 9.99. The summed E-state index contributed by atoms with van der Waals surface area (Å²) >= 11 is 0. The van der Waals surface area contributed by atoms with Gasteiger partial charge in [0, 0.05) is 39.1 Å². The molecule has 8 nitrogen and oxygen atoms in total. The average Bonchev–Trinajstić information content (AvgIpc) is 3.10. The minimum absolute atomic E-state index is 0.0597. The summed E-state index contributed by atoms with van der Waals surface area (Å²) in [6, 6.07) is 5.31. The predicted molar refractivity (Wildman–Crippen MR) is 108 cm³/mol. The Labute approximate surface area is 166 Å². The van der Waals surface area contributed by atoms with Crippen LogP contribution in [0.3, 0.4) is 0 Å². The van der Waals surface area contributed by atoms with Crippen molar-refractivity contribution in [2.75, 3.05) is 25.0 Å². The first kappa shape index (κ1) is 20.3. The number of sulfonamides is 1. The van der Waals surface area contributed by atoms with Gasteiger partial charge in [-0.05, 0) is 43.5 Å². The van der Waals surface area contributed by atoms with Crippen LogP contribution in [0.1, 0.15) is 35.8 Å². The van der Waals surface area contributed by atoms with Gasteiger partial charge in [-0.25, -0.2) is 18.1 Å². The van der Waals surface area contributed by atoms with E-state index in [1.54, 1.807) is 13.2 Å². The molecule has 1 fully saturated rings. The molecule has 0 saturated carbocycles. The van der Waals surface area contributed by atoms with Crippen molar-refractivity contribution in [1.29, 1.82) is 0 Å². The molecule has 3 heterocycles. The Morgan fingerprint density at radius 1 is 1.29 bits per heavy atom. The van der Waals surface area contributed by atoms with Crippen LogP contribution in [-0.2, 0) is 23.6 Å². The van der Waals surface area contributed by atoms with Crippen LogP contribution < -0.4 is 14.9 Å². The van der Waals surface area contributed by atoms with Crippen LogP contribution in [0.4, 0.5) is 5.82 Å². The summed E-state index contributed by atoms with van der Waals surface area (Å²) in [6.45, 7) is 4.65. The first-order valence-electron chi connectivity index (χ1n) is 9.38. The van der Waals surface area contributed by atoms with Gasteiger partial charge < -0.3 is 14.8 Å². The number of amides is 1. The number of hydrogen-bond acceptors (Lipinski definition) is 5. The number of rotatable bonds is 6. The molecule has 1 aliphatic heterocycles. The summed E-state index contributed by atoms with van der Waals surface area (Å²) < 4.78 is 27.5. The Balaban J connectivity index is 1.60. The molecule has 0 aliphatic carbocycles. The molecule has 1 aliphatic rings. The fourth-order valence-corrected chi connectivity index (χ4v) is 4.04. The molecule has 0 spiro atoms. The zero-order valence-corrected chi connectivity index (χ0v) is 17.3. The van der Waals surface area contributed by atoms with Gasteiger partial charge in [0.25, 0.3) is 5.91 Å². The van der Waals surface area contributed by atoms with E-state index in [0.717, 1.165) is 30.4 Å². The summed E-state index contributed by atoms with van der Waals surface area (Å²) in [5.41, 5.74) is 1.17. The number of hydrogen-bond donors (Lipinski definition) is 2. The van der Waals surface area contributed by atoms with E-state index in [2.05, 4.69) is 26.8 Å². The Bertz CT molecular complexity index is 929. The third-order valence-electron chi connectivity index (χ3n) is 5.16. The van der Waals surface area contributed by atoms with Crippen molar-refractivity contribution in [2.24, 2.45) is 13.0 Å². The predicted octanol–water partition coefficient (Wildman–Crippen LogP) is 1.49. The highest BCUT2D eigenvalue weighted by atomic mass is 32.2. The third kappa shape index (κ3) is 4.53. The molecule has 2 N–H and O–H groups in total. The molecule has 0 unspecified atom stereocenters. The minimum Gasteiger partial charge on any atom is -0.357 e. The lowest BCUT2D eigenvalue weighted by molar-refractivity contribution is 0.0942. The molecule has 9 heteroatoms. The monoisotopic (exact) mass is 405 g/mol. The minimum atomic E-state index is -3.59. The van der Waals surface area contributed by atoms with Crippen LogP contribution in [0.2, 0.25) is 0 Å². The standard InChI is InChI=1S/C19H27N5O3S/c1-14-6-8-24(9-7-14)18-5-4-15(11-21-18)12-22-19(25)17-10-16(13-23(17)3)28(26,27)20-2/h4-5,10-11,13-14,20H,6-9,12H2,1-3H3,(H,22,25). The summed E-state index contributed by atoms with van der Waals surface area (Å²) in [5.74, 6) is 1.40. The Morgan fingerprint density at radius 3 is 2.61 bits per heavy atom. The number of piperidine rings is 1. The summed E-state index contributed by atoms with van der Waals surface area (Å²) in [6.07, 6.45) is 5.55. The normalized spacial score (nSPS) is 15.6. The summed E-state index contributed by atoms with van der Waals surface area (Å²) in [4.78, 5) is 19.3. The van der Waals surface area contributed by atoms with E-state index in [1.807, 2.05) is 12.1 Å². The van der Waals surface area contributed by atoms with Gasteiger partial charge in [0.1, 0.15) is 16.4 Å². The van der Waals surface area contributed by atoms with Gasteiger partial charge in [-0.3, -0.25) is 4.79 Å². The van der Waals surface area contributed by atoms with Crippen LogP contribution >= 0.6 is 0 Å². The lowest BCUT2D eigenvalue weighted by Crippen LogP contribution is -2.33. The maximum atomic E-state index is 12.4. The van der Waals surface area contributed by atoms with Crippen molar-refractivity contribution in [3.63, 3.8) is 0 Å². The van der Waals surface area contributed by atoms with Crippen LogP contribution in [0.5, 0.6) is 0 Å². The lowest BCUT2D eigenvalue weighted by Gasteiger charge is -2.31. The van der Waals surface area contributed by atoms with Gasteiger partial charge in [-0.1, -0.05) is 13.0 Å². The van der Waals surface area contributed by atoms with E-state index in [0.29, 0.717) is 6.54 Å². The molecular weight excluding hydrogens is 378 g/mol. The highest BCUT2D eigenvalue weighted by Gasteiger charge is 2.19. The van der Waals surface area contributed by atoms with Gasteiger partial charge in [-0.2, -0.15) is 0 Å². The third-order valence-corrected chi connectivity index (χ3v) is 6.54. The first-order valence-corrected chi connectivity index (χ1v) is 10.9. The van der Waals surface area contributed by atoms with Crippen molar-refractivity contribution in [3.05, 3.63) is 41.9 Å². The number of carbonyl (C=O) groups is 1. The zero-order chi connectivity index (χ0) is 20.3. The second-order valence-corrected chi connectivity index (χ2v) is 9.14. The number of nitrogens with one attached hydrogen (secondary N) is 2. The zero-order valence-electron chi connectivity index (χ0n) is 16.5. The number of anilines is 1. The molecule has 3 rings (SSSR count). The Kier molecular flexibility index (Phi) is 6.04. The van der Waals surface area contributed by atoms with Crippen molar-refractivity contribution >= 4 is 21.7 Å². The van der Waals surface area contributed by atoms with Crippen molar-refractivity contribution in [1.82, 2.24) is 19.6 Å². The van der Waals surface area contributed by atoms with Crippen molar-refractivity contribution in [2.45, 2.75) is 31.2 Å². The molecule has 152 valence electrons. The molecule has 0 bridgehead atoms. The molecule has 1 saturated heterocycles. The maximum absolute atomic E-state index is 12.4. The highest BCUT2D eigenvalue weighted by molar-refractivity contribution is 7.89. The number of aryl methyl sites for hydroxylation is 1. The van der Waals surface area contributed by atoms with Gasteiger partial charge in [0.15, 0.2) is 0 Å². The molecule has 0 atom stereocenters. The van der Waals surface area contributed by atoms with E-state index >= 15 is 0 Å². The van der Waals surface area contributed by atoms with E-state index < -0.39 is 10.0 Å².